The molecule has 182 valence electrons. The Morgan fingerprint density at radius 3 is 2.56 bits per heavy atom. The zero-order chi connectivity index (χ0) is 25.4. The van der Waals surface area contributed by atoms with Crippen molar-refractivity contribution in [1.29, 1.82) is 0 Å². The van der Waals surface area contributed by atoms with Gasteiger partial charge in [-0.2, -0.15) is 0 Å². The van der Waals surface area contributed by atoms with Crippen LogP contribution in [0.5, 0.6) is 5.75 Å². The van der Waals surface area contributed by atoms with Gasteiger partial charge in [-0.05, 0) is 73.5 Å². The third-order valence-corrected chi connectivity index (χ3v) is 6.56. The van der Waals surface area contributed by atoms with Gasteiger partial charge in [0.1, 0.15) is 11.3 Å². The highest BCUT2D eigenvalue weighted by atomic mass is 35.5. The van der Waals surface area contributed by atoms with Gasteiger partial charge in [-0.1, -0.05) is 37.1 Å². The number of halogens is 1. The fraction of sp³-hybridized carbons (Fsp3) is 0.207. The average molecular weight is 502 g/mol. The highest BCUT2D eigenvalue weighted by molar-refractivity contribution is 6.31. The van der Waals surface area contributed by atoms with Crippen molar-refractivity contribution in [3.8, 4) is 5.75 Å². The van der Waals surface area contributed by atoms with Crippen LogP contribution in [-0.2, 0) is 0 Å². The first-order valence-corrected chi connectivity index (χ1v) is 12.2. The molecule has 2 heterocycles. The summed E-state index contributed by atoms with van der Waals surface area (Å²) in [7, 11) is 0. The summed E-state index contributed by atoms with van der Waals surface area (Å²) in [6.07, 6.45) is 1.92. The largest absolute Gasteiger partial charge is 0.494 e. The van der Waals surface area contributed by atoms with Crippen molar-refractivity contribution in [1.82, 2.24) is 0 Å². The molecule has 0 saturated heterocycles. The minimum Gasteiger partial charge on any atom is -0.494 e. The van der Waals surface area contributed by atoms with E-state index in [1.165, 1.54) is 11.8 Å². The standard InChI is InChI=1S/C29H24ClNO5/c1-3-4-14-35-22-7-5-6-19(15-22)26-25-27(33)23-16-20(30)10-13-24(23)36-28(25)29(34)31(26)21-11-8-18(9-12-21)17(2)32/h5-13,15-16,26H,3-4,14H2,1-2H3. The van der Waals surface area contributed by atoms with Crippen LogP contribution in [0.15, 0.2) is 75.9 Å². The van der Waals surface area contributed by atoms with E-state index in [4.69, 9.17) is 20.8 Å². The third kappa shape index (κ3) is 4.18. The Hall–Kier alpha value is -3.90. The molecule has 0 saturated carbocycles. The van der Waals surface area contributed by atoms with E-state index in [0.29, 0.717) is 45.2 Å². The van der Waals surface area contributed by atoms with E-state index < -0.39 is 11.9 Å². The van der Waals surface area contributed by atoms with E-state index in [2.05, 4.69) is 6.92 Å². The Labute approximate surface area is 213 Å². The SMILES string of the molecule is CCCCOc1cccc(C2c3c(oc4ccc(Cl)cc4c3=O)C(=O)N2c2ccc(C(C)=O)cc2)c1. The molecule has 1 aliphatic rings. The first kappa shape index (κ1) is 23.8. The fourth-order valence-corrected chi connectivity index (χ4v) is 4.66. The normalized spacial score (nSPS) is 14.8. The molecule has 6 nitrogen and oxygen atoms in total. The fourth-order valence-electron chi connectivity index (χ4n) is 4.49. The van der Waals surface area contributed by atoms with E-state index in [-0.39, 0.29) is 22.5 Å². The number of carbonyl (C=O) groups excluding carboxylic acids is 2. The Morgan fingerprint density at radius 2 is 1.83 bits per heavy atom. The molecule has 1 unspecified atom stereocenters. The lowest BCUT2D eigenvalue weighted by Crippen LogP contribution is -2.29. The number of fused-ring (bicyclic) bond motifs is 2. The van der Waals surface area contributed by atoms with Crippen LogP contribution in [0, 0.1) is 0 Å². The molecule has 0 fully saturated rings. The number of hydrogen-bond acceptors (Lipinski definition) is 5. The van der Waals surface area contributed by atoms with Crippen molar-refractivity contribution in [3.05, 3.63) is 104 Å². The Bertz CT molecular complexity index is 1540. The quantitative estimate of drug-likeness (QED) is 0.211. The topological polar surface area (TPSA) is 76.8 Å². The van der Waals surface area contributed by atoms with Gasteiger partial charge in [-0.15, -0.1) is 0 Å². The zero-order valence-electron chi connectivity index (χ0n) is 19.9. The lowest BCUT2D eigenvalue weighted by Gasteiger charge is -2.25. The summed E-state index contributed by atoms with van der Waals surface area (Å²) >= 11 is 6.17. The van der Waals surface area contributed by atoms with Crippen molar-refractivity contribution in [2.75, 3.05) is 11.5 Å². The first-order chi connectivity index (χ1) is 17.4. The molecular weight excluding hydrogens is 478 g/mol. The van der Waals surface area contributed by atoms with Gasteiger partial charge < -0.3 is 9.15 Å². The third-order valence-electron chi connectivity index (χ3n) is 6.32. The molecule has 1 amide bonds. The summed E-state index contributed by atoms with van der Waals surface area (Å²) in [6, 6.07) is 18.2. The molecule has 0 bridgehead atoms. The molecule has 0 radical (unpaired) electrons. The highest BCUT2D eigenvalue weighted by Gasteiger charge is 2.43. The van der Waals surface area contributed by atoms with Crippen molar-refractivity contribution < 1.29 is 18.7 Å². The van der Waals surface area contributed by atoms with Gasteiger partial charge in [-0.3, -0.25) is 19.3 Å². The van der Waals surface area contributed by atoms with Crippen LogP contribution in [0.3, 0.4) is 0 Å². The number of benzene rings is 3. The van der Waals surface area contributed by atoms with E-state index >= 15 is 0 Å². The number of hydrogen-bond donors (Lipinski definition) is 0. The van der Waals surface area contributed by atoms with E-state index in [1.807, 2.05) is 24.3 Å². The molecule has 3 aromatic carbocycles. The van der Waals surface area contributed by atoms with Crippen LogP contribution in [-0.4, -0.2) is 18.3 Å². The number of amides is 1. The lowest BCUT2D eigenvalue weighted by molar-refractivity contribution is 0.0970. The average Bonchev–Trinajstić information content (AvgIpc) is 3.17. The van der Waals surface area contributed by atoms with E-state index in [1.54, 1.807) is 42.5 Å². The second-order valence-corrected chi connectivity index (χ2v) is 9.21. The highest BCUT2D eigenvalue weighted by Crippen LogP contribution is 2.42. The molecule has 1 atom stereocenters. The Balaban J connectivity index is 1.70. The number of nitrogens with zero attached hydrogens (tertiary/aromatic N) is 1. The van der Waals surface area contributed by atoms with Crippen LogP contribution in [0.4, 0.5) is 5.69 Å². The second-order valence-electron chi connectivity index (χ2n) is 8.77. The zero-order valence-corrected chi connectivity index (χ0v) is 20.7. The summed E-state index contributed by atoms with van der Waals surface area (Å²) in [4.78, 5) is 40.8. The van der Waals surface area contributed by atoms with Crippen LogP contribution < -0.4 is 15.1 Å². The number of ether oxygens (including phenoxy) is 1. The van der Waals surface area contributed by atoms with Crippen LogP contribution in [0.2, 0.25) is 5.02 Å². The predicted octanol–water partition coefficient (Wildman–Crippen LogP) is 6.58. The van der Waals surface area contributed by atoms with Gasteiger partial charge in [0.05, 0.1) is 23.6 Å². The smallest absolute Gasteiger partial charge is 0.295 e. The van der Waals surface area contributed by atoms with Gasteiger partial charge in [0.2, 0.25) is 5.76 Å². The predicted molar refractivity (Wildman–Crippen MR) is 139 cm³/mol. The molecule has 4 aromatic rings. The van der Waals surface area contributed by atoms with Gasteiger partial charge in [-0.25, -0.2) is 0 Å². The van der Waals surface area contributed by atoms with Gasteiger partial charge in [0.15, 0.2) is 11.2 Å². The number of Topliss-reactive ketones (excluding diaryl/α,β-unsaturated/α-hetero) is 1. The molecule has 0 N–H and O–H groups in total. The van der Waals surface area contributed by atoms with Crippen molar-refractivity contribution >= 4 is 39.9 Å². The minimum absolute atomic E-state index is 0.00669. The summed E-state index contributed by atoms with van der Waals surface area (Å²) in [5, 5.41) is 0.710. The molecule has 7 heteroatoms. The summed E-state index contributed by atoms with van der Waals surface area (Å²) in [5.74, 6) is 0.137. The number of unbranched alkanes of at least 4 members (excludes halogenated alkanes) is 1. The maximum absolute atomic E-state index is 13.7. The monoisotopic (exact) mass is 501 g/mol. The molecule has 0 aliphatic carbocycles. The van der Waals surface area contributed by atoms with E-state index in [9.17, 15) is 14.4 Å². The van der Waals surface area contributed by atoms with Crippen molar-refractivity contribution in [2.24, 2.45) is 0 Å². The van der Waals surface area contributed by atoms with Gasteiger partial charge >= 0.3 is 0 Å². The van der Waals surface area contributed by atoms with Crippen molar-refractivity contribution in [3.63, 3.8) is 0 Å². The van der Waals surface area contributed by atoms with Crippen LogP contribution in [0.1, 0.15) is 64.8 Å². The second kappa shape index (κ2) is 9.63. The molecule has 0 spiro atoms. The van der Waals surface area contributed by atoms with Gasteiger partial charge in [0, 0.05) is 16.3 Å². The molecule has 36 heavy (non-hydrogen) atoms. The summed E-state index contributed by atoms with van der Waals surface area (Å²) in [5.41, 5.74) is 2.00. The van der Waals surface area contributed by atoms with E-state index in [0.717, 1.165) is 12.8 Å². The van der Waals surface area contributed by atoms with Crippen LogP contribution >= 0.6 is 11.6 Å². The Kier molecular flexibility index (Phi) is 6.37. The summed E-state index contributed by atoms with van der Waals surface area (Å²) < 4.78 is 11.9. The number of ketones is 1. The number of rotatable bonds is 7. The number of anilines is 1. The van der Waals surface area contributed by atoms with Crippen LogP contribution in [0.25, 0.3) is 11.0 Å². The minimum atomic E-state index is -0.745. The molecule has 1 aromatic heterocycles. The molecule has 1 aliphatic heterocycles. The van der Waals surface area contributed by atoms with Crippen molar-refractivity contribution in [2.45, 2.75) is 32.7 Å². The first-order valence-electron chi connectivity index (χ1n) is 11.8. The molecular formula is C29H24ClNO5. The molecule has 5 rings (SSSR count). The Morgan fingerprint density at radius 1 is 1.06 bits per heavy atom. The lowest BCUT2D eigenvalue weighted by atomic mass is 9.98. The maximum Gasteiger partial charge on any atom is 0.295 e. The number of carbonyl (C=O) groups is 2. The summed E-state index contributed by atoms with van der Waals surface area (Å²) in [6.45, 7) is 4.14. The maximum atomic E-state index is 13.7. The van der Waals surface area contributed by atoms with Gasteiger partial charge in [0.25, 0.3) is 5.91 Å².